The van der Waals surface area contributed by atoms with Crippen molar-refractivity contribution in [3.05, 3.63) is 65.7 Å². The molecule has 4 nitrogen and oxygen atoms in total. The number of rotatable bonds is 4. The second-order valence-corrected chi connectivity index (χ2v) is 4.11. The van der Waals surface area contributed by atoms with Crippen LogP contribution in [0.25, 0.3) is 0 Å². The van der Waals surface area contributed by atoms with Crippen molar-refractivity contribution in [1.82, 2.24) is 0 Å². The highest BCUT2D eigenvalue weighted by molar-refractivity contribution is 5.98. The number of carbonyl (C=O) groups excluding carboxylic acids is 2. The van der Waals surface area contributed by atoms with E-state index in [0.29, 0.717) is 11.8 Å². The summed E-state index contributed by atoms with van der Waals surface area (Å²) in [4.78, 5) is 23.1. The lowest BCUT2D eigenvalue weighted by Crippen LogP contribution is -2.19. The number of hydrogen-bond donors (Lipinski definition) is 1. The summed E-state index contributed by atoms with van der Waals surface area (Å²) in [6.07, 6.45) is -0.836. The topological polar surface area (TPSA) is 55.4 Å². The van der Waals surface area contributed by atoms with Crippen molar-refractivity contribution in [1.29, 1.82) is 0 Å². The number of carbonyl (C=O) groups is 2. The number of halogens is 2. The maximum Gasteiger partial charge on any atom is 0.412 e. The highest BCUT2D eigenvalue weighted by Crippen LogP contribution is 2.11. The van der Waals surface area contributed by atoms with E-state index >= 15 is 0 Å². The fraction of sp³-hybridized carbons (Fsp3) is 0.0667. The van der Waals surface area contributed by atoms with Gasteiger partial charge in [0.15, 0.2) is 6.61 Å². The molecule has 0 aliphatic carbocycles. The molecule has 0 aromatic heterocycles. The minimum Gasteiger partial charge on any atom is -0.441 e. The third kappa shape index (κ3) is 4.10. The van der Waals surface area contributed by atoms with Crippen molar-refractivity contribution >= 4 is 17.6 Å². The van der Waals surface area contributed by atoms with Crippen LogP contribution >= 0.6 is 0 Å². The van der Waals surface area contributed by atoms with Crippen molar-refractivity contribution in [2.24, 2.45) is 0 Å². The molecular formula is C15H11F2NO3. The van der Waals surface area contributed by atoms with Crippen LogP contribution in [0.1, 0.15) is 10.4 Å². The zero-order valence-corrected chi connectivity index (χ0v) is 10.8. The van der Waals surface area contributed by atoms with E-state index in [1.54, 1.807) is 30.3 Å². The van der Waals surface area contributed by atoms with E-state index in [-0.39, 0.29) is 5.56 Å². The molecule has 6 heteroatoms. The fourth-order valence-corrected chi connectivity index (χ4v) is 1.60. The van der Waals surface area contributed by atoms with Crippen LogP contribution < -0.4 is 5.32 Å². The SMILES string of the molecule is O=C(Nc1ccccc1)OCC(=O)c1ccc(F)cc1F. The monoisotopic (exact) mass is 291 g/mol. The Kier molecular flexibility index (Phi) is 4.61. The summed E-state index contributed by atoms with van der Waals surface area (Å²) in [6, 6.07) is 11.1. The van der Waals surface area contributed by atoms with Gasteiger partial charge in [-0.1, -0.05) is 18.2 Å². The first-order valence-corrected chi connectivity index (χ1v) is 6.03. The normalized spacial score (nSPS) is 10.0. The molecule has 21 heavy (non-hydrogen) atoms. The first-order valence-electron chi connectivity index (χ1n) is 6.03. The van der Waals surface area contributed by atoms with E-state index in [9.17, 15) is 18.4 Å². The number of anilines is 1. The number of ether oxygens (including phenoxy) is 1. The predicted molar refractivity (Wildman–Crippen MR) is 72.1 cm³/mol. The lowest BCUT2D eigenvalue weighted by atomic mass is 10.1. The number of para-hydroxylation sites is 1. The van der Waals surface area contributed by atoms with Crippen LogP contribution in [0.3, 0.4) is 0 Å². The second kappa shape index (κ2) is 6.60. The smallest absolute Gasteiger partial charge is 0.412 e. The van der Waals surface area contributed by atoms with Gasteiger partial charge in [-0.2, -0.15) is 0 Å². The molecule has 0 saturated carbocycles. The van der Waals surface area contributed by atoms with Crippen LogP contribution in [0, 0.1) is 11.6 Å². The quantitative estimate of drug-likeness (QED) is 0.878. The van der Waals surface area contributed by atoms with Crippen LogP contribution in [0.2, 0.25) is 0 Å². The highest BCUT2D eigenvalue weighted by atomic mass is 19.1. The van der Waals surface area contributed by atoms with E-state index < -0.39 is 30.1 Å². The summed E-state index contributed by atoms with van der Waals surface area (Å²) in [5.41, 5.74) is 0.173. The molecule has 2 aromatic carbocycles. The Labute approximate surface area is 119 Å². The van der Waals surface area contributed by atoms with E-state index in [1.807, 2.05) is 0 Å². The molecule has 0 radical (unpaired) electrons. The minimum absolute atomic E-state index is 0.330. The fourth-order valence-electron chi connectivity index (χ4n) is 1.60. The molecule has 0 heterocycles. The Morgan fingerprint density at radius 3 is 2.43 bits per heavy atom. The average molecular weight is 291 g/mol. The molecule has 1 N–H and O–H groups in total. The van der Waals surface area contributed by atoms with Gasteiger partial charge in [0, 0.05) is 11.8 Å². The third-order valence-corrected chi connectivity index (χ3v) is 2.59. The summed E-state index contributed by atoms with van der Waals surface area (Å²) < 4.78 is 30.8. The molecular weight excluding hydrogens is 280 g/mol. The number of Topliss-reactive ketones (excluding diaryl/α,β-unsaturated/α-hetero) is 1. The average Bonchev–Trinajstić information content (AvgIpc) is 2.46. The van der Waals surface area contributed by atoms with E-state index in [4.69, 9.17) is 0 Å². The highest BCUT2D eigenvalue weighted by Gasteiger charge is 2.14. The Morgan fingerprint density at radius 1 is 1.05 bits per heavy atom. The van der Waals surface area contributed by atoms with Gasteiger partial charge in [-0.3, -0.25) is 10.1 Å². The van der Waals surface area contributed by atoms with Crippen molar-refractivity contribution < 1.29 is 23.1 Å². The Hall–Kier alpha value is -2.76. The molecule has 0 aliphatic rings. The molecule has 2 aromatic rings. The molecule has 1 amide bonds. The van der Waals surface area contributed by atoms with E-state index in [1.165, 1.54) is 0 Å². The van der Waals surface area contributed by atoms with Crippen molar-refractivity contribution in [3.63, 3.8) is 0 Å². The van der Waals surface area contributed by atoms with Crippen molar-refractivity contribution in [2.45, 2.75) is 0 Å². The third-order valence-electron chi connectivity index (χ3n) is 2.59. The summed E-state index contributed by atoms with van der Waals surface area (Å²) in [5, 5.41) is 2.41. The molecule has 0 unspecified atom stereocenters. The maximum absolute atomic E-state index is 13.4. The van der Waals surface area contributed by atoms with Crippen LogP contribution in [-0.2, 0) is 4.74 Å². The number of nitrogens with one attached hydrogen (secondary N) is 1. The first kappa shape index (κ1) is 14.6. The Bertz CT molecular complexity index is 659. The summed E-state index contributed by atoms with van der Waals surface area (Å²) in [5.74, 6) is -2.53. The minimum atomic E-state index is -0.993. The van der Waals surface area contributed by atoms with Crippen molar-refractivity contribution in [2.75, 3.05) is 11.9 Å². The van der Waals surface area contributed by atoms with Crippen molar-refractivity contribution in [3.8, 4) is 0 Å². The standard InChI is InChI=1S/C15H11F2NO3/c16-10-6-7-12(13(17)8-10)14(19)9-21-15(20)18-11-4-2-1-3-5-11/h1-8H,9H2,(H,18,20). The Balaban J connectivity index is 1.90. The number of ketones is 1. The summed E-state index contributed by atoms with van der Waals surface area (Å²) in [6.45, 7) is -0.638. The van der Waals surface area contributed by atoms with Gasteiger partial charge in [-0.25, -0.2) is 13.6 Å². The largest absolute Gasteiger partial charge is 0.441 e. The van der Waals surface area contributed by atoms with Gasteiger partial charge in [-0.05, 0) is 24.3 Å². The van der Waals surface area contributed by atoms with Crippen LogP contribution in [0.15, 0.2) is 48.5 Å². The molecule has 0 fully saturated rings. The molecule has 108 valence electrons. The lowest BCUT2D eigenvalue weighted by molar-refractivity contribution is 0.0859. The summed E-state index contributed by atoms with van der Waals surface area (Å²) in [7, 11) is 0. The predicted octanol–water partition coefficient (Wildman–Crippen LogP) is 3.40. The van der Waals surface area contributed by atoms with Gasteiger partial charge in [0.25, 0.3) is 0 Å². The van der Waals surface area contributed by atoms with Gasteiger partial charge in [0.2, 0.25) is 5.78 Å². The van der Waals surface area contributed by atoms with Gasteiger partial charge >= 0.3 is 6.09 Å². The van der Waals surface area contributed by atoms with Gasteiger partial charge in [-0.15, -0.1) is 0 Å². The number of amides is 1. The molecule has 0 aliphatic heterocycles. The molecule has 0 bridgehead atoms. The Morgan fingerprint density at radius 2 is 1.76 bits per heavy atom. The van der Waals surface area contributed by atoms with E-state index in [2.05, 4.69) is 10.1 Å². The molecule has 0 spiro atoms. The zero-order valence-electron chi connectivity index (χ0n) is 10.8. The first-order chi connectivity index (χ1) is 10.1. The second-order valence-electron chi connectivity index (χ2n) is 4.11. The van der Waals surface area contributed by atoms with Gasteiger partial charge < -0.3 is 4.74 Å². The lowest BCUT2D eigenvalue weighted by Gasteiger charge is -2.07. The van der Waals surface area contributed by atoms with Crippen LogP contribution in [-0.4, -0.2) is 18.5 Å². The van der Waals surface area contributed by atoms with Crippen LogP contribution in [0.4, 0.5) is 19.3 Å². The number of benzene rings is 2. The molecule has 0 atom stereocenters. The number of hydrogen-bond acceptors (Lipinski definition) is 3. The molecule has 2 rings (SSSR count). The van der Waals surface area contributed by atoms with Crippen LogP contribution in [0.5, 0.6) is 0 Å². The van der Waals surface area contributed by atoms with Gasteiger partial charge in [0.05, 0.1) is 5.56 Å². The van der Waals surface area contributed by atoms with Gasteiger partial charge in [0.1, 0.15) is 11.6 Å². The summed E-state index contributed by atoms with van der Waals surface area (Å²) >= 11 is 0. The van der Waals surface area contributed by atoms with E-state index in [0.717, 1.165) is 12.1 Å². The zero-order chi connectivity index (χ0) is 15.2. The molecule has 0 saturated heterocycles. The maximum atomic E-state index is 13.4.